The number of carbonyl (C=O) groups is 1. The SMILES string of the molecule is Cc1nc(C2CCCCN2C(=O)c2cnn(C(C)(C)C)c2C)n[nH]1. The van der Waals surface area contributed by atoms with Gasteiger partial charge in [0.25, 0.3) is 5.91 Å². The van der Waals surface area contributed by atoms with Gasteiger partial charge in [-0.3, -0.25) is 14.6 Å². The van der Waals surface area contributed by atoms with E-state index in [9.17, 15) is 4.79 Å². The van der Waals surface area contributed by atoms with E-state index in [1.165, 1.54) is 0 Å². The number of hydrogen-bond acceptors (Lipinski definition) is 4. The average molecular weight is 330 g/mol. The minimum atomic E-state index is -0.148. The smallest absolute Gasteiger partial charge is 0.257 e. The molecule has 2 aromatic heterocycles. The van der Waals surface area contributed by atoms with Crippen LogP contribution in [0.5, 0.6) is 0 Å². The number of amides is 1. The van der Waals surface area contributed by atoms with Crippen LogP contribution in [-0.2, 0) is 5.54 Å². The summed E-state index contributed by atoms with van der Waals surface area (Å²) in [5, 5.41) is 11.6. The lowest BCUT2D eigenvalue weighted by Gasteiger charge is -2.34. The van der Waals surface area contributed by atoms with E-state index in [0.717, 1.165) is 37.3 Å². The summed E-state index contributed by atoms with van der Waals surface area (Å²) < 4.78 is 1.91. The van der Waals surface area contributed by atoms with Crippen LogP contribution in [-0.4, -0.2) is 42.3 Å². The molecular weight excluding hydrogens is 304 g/mol. The Kier molecular flexibility index (Phi) is 4.19. The third kappa shape index (κ3) is 2.95. The standard InChI is InChI=1S/C17H26N6O/c1-11-13(10-18-23(11)17(3,4)5)16(24)22-9-7-6-8-14(22)15-19-12(2)20-21-15/h10,14H,6-9H2,1-5H3,(H,19,20,21). The number of carbonyl (C=O) groups excluding carboxylic acids is 1. The van der Waals surface area contributed by atoms with Crippen molar-refractivity contribution in [3.8, 4) is 0 Å². The third-order valence-corrected chi connectivity index (χ3v) is 4.55. The van der Waals surface area contributed by atoms with Gasteiger partial charge in [0, 0.05) is 12.2 Å². The summed E-state index contributed by atoms with van der Waals surface area (Å²) in [6, 6.07) is -0.0615. The Balaban J connectivity index is 1.91. The molecule has 2 aromatic rings. The van der Waals surface area contributed by atoms with Gasteiger partial charge in [0.15, 0.2) is 5.82 Å². The molecule has 1 saturated heterocycles. The first-order chi connectivity index (χ1) is 11.3. The molecule has 24 heavy (non-hydrogen) atoms. The van der Waals surface area contributed by atoms with Crippen LogP contribution in [0.3, 0.4) is 0 Å². The molecule has 0 bridgehead atoms. The lowest BCUT2D eigenvalue weighted by atomic mass is 10.00. The van der Waals surface area contributed by atoms with Crippen molar-refractivity contribution in [3.05, 3.63) is 29.1 Å². The number of piperidine rings is 1. The fourth-order valence-electron chi connectivity index (χ4n) is 3.40. The maximum atomic E-state index is 13.2. The van der Waals surface area contributed by atoms with E-state index in [1.54, 1.807) is 6.20 Å². The van der Waals surface area contributed by atoms with Gasteiger partial charge in [-0.2, -0.15) is 10.2 Å². The van der Waals surface area contributed by atoms with Crippen LogP contribution in [0, 0.1) is 13.8 Å². The van der Waals surface area contributed by atoms with Crippen LogP contribution in [0.25, 0.3) is 0 Å². The Bertz CT molecular complexity index is 739. The summed E-state index contributed by atoms with van der Waals surface area (Å²) in [5.41, 5.74) is 1.43. The number of aromatic nitrogens is 5. The first-order valence-corrected chi connectivity index (χ1v) is 8.54. The van der Waals surface area contributed by atoms with E-state index in [4.69, 9.17) is 0 Å². The lowest BCUT2D eigenvalue weighted by molar-refractivity contribution is 0.0599. The third-order valence-electron chi connectivity index (χ3n) is 4.55. The van der Waals surface area contributed by atoms with Gasteiger partial charge in [0.1, 0.15) is 5.82 Å². The second-order valence-electron chi connectivity index (χ2n) is 7.52. The molecule has 1 fully saturated rings. The summed E-state index contributed by atoms with van der Waals surface area (Å²) in [6.07, 6.45) is 4.69. The quantitative estimate of drug-likeness (QED) is 0.918. The van der Waals surface area contributed by atoms with Gasteiger partial charge < -0.3 is 4.90 Å². The highest BCUT2D eigenvalue weighted by Gasteiger charge is 2.33. The minimum absolute atomic E-state index is 0.0233. The van der Waals surface area contributed by atoms with Crippen molar-refractivity contribution in [2.45, 2.75) is 65.5 Å². The molecule has 0 spiro atoms. The van der Waals surface area contributed by atoms with Crippen LogP contribution in [0.2, 0.25) is 0 Å². The van der Waals surface area contributed by atoms with Crippen LogP contribution < -0.4 is 0 Å². The Morgan fingerprint density at radius 1 is 1.29 bits per heavy atom. The summed E-state index contributed by atoms with van der Waals surface area (Å²) in [7, 11) is 0. The summed E-state index contributed by atoms with van der Waals surface area (Å²) in [5.74, 6) is 1.51. The molecule has 0 radical (unpaired) electrons. The molecular formula is C17H26N6O. The van der Waals surface area contributed by atoms with Crippen molar-refractivity contribution < 1.29 is 4.79 Å². The molecule has 1 atom stereocenters. The molecule has 1 unspecified atom stereocenters. The molecule has 0 saturated carbocycles. The van der Waals surface area contributed by atoms with Gasteiger partial charge in [-0.1, -0.05) is 0 Å². The molecule has 1 aliphatic heterocycles. The number of nitrogens with one attached hydrogen (secondary N) is 1. The van der Waals surface area contributed by atoms with Crippen LogP contribution >= 0.6 is 0 Å². The predicted octanol–water partition coefficient (Wildman–Crippen LogP) is 2.74. The van der Waals surface area contributed by atoms with E-state index >= 15 is 0 Å². The minimum Gasteiger partial charge on any atom is -0.328 e. The van der Waals surface area contributed by atoms with E-state index in [2.05, 4.69) is 41.1 Å². The Morgan fingerprint density at radius 3 is 2.62 bits per heavy atom. The summed E-state index contributed by atoms with van der Waals surface area (Å²) in [4.78, 5) is 19.5. The Labute approximate surface area is 142 Å². The molecule has 1 aliphatic rings. The highest BCUT2D eigenvalue weighted by Crippen LogP contribution is 2.31. The highest BCUT2D eigenvalue weighted by molar-refractivity contribution is 5.95. The number of hydrogen-bond donors (Lipinski definition) is 1. The van der Waals surface area contributed by atoms with Crippen LogP contribution in [0.4, 0.5) is 0 Å². The van der Waals surface area contributed by atoms with Crippen LogP contribution in [0.1, 0.15) is 73.8 Å². The fourth-order valence-corrected chi connectivity index (χ4v) is 3.40. The molecule has 7 nitrogen and oxygen atoms in total. The lowest BCUT2D eigenvalue weighted by Crippen LogP contribution is -2.39. The Morgan fingerprint density at radius 2 is 2.04 bits per heavy atom. The molecule has 1 amide bonds. The van der Waals surface area contributed by atoms with E-state index in [0.29, 0.717) is 11.4 Å². The van der Waals surface area contributed by atoms with Crippen molar-refractivity contribution >= 4 is 5.91 Å². The molecule has 1 N–H and O–H groups in total. The summed E-state index contributed by atoms with van der Waals surface area (Å²) in [6.45, 7) is 10.8. The maximum absolute atomic E-state index is 13.2. The zero-order valence-corrected chi connectivity index (χ0v) is 15.1. The predicted molar refractivity (Wildman–Crippen MR) is 90.7 cm³/mol. The van der Waals surface area contributed by atoms with Crippen molar-refractivity contribution in [1.82, 2.24) is 29.9 Å². The molecule has 0 aromatic carbocycles. The van der Waals surface area contributed by atoms with E-state index in [1.807, 2.05) is 23.4 Å². The number of rotatable bonds is 2. The molecule has 0 aliphatic carbocycles. The Hall–Kier alpha value is -2.18. The van der Waals surface area contributed by atoms with Gasteiger partial charge >= 0.3 is 0 Å². The number of likely N-dealkylation sites (tertiary alicyclic amines) is 1. The van der Waals surface area contributed by atoms with Crippen molar-refractivity contribution in [3.63, 3.8) is 0 Å². The largest absolute Gasteiger partial charge is 0.328 e. The number of H-pyrrole nitrogens is 1. The normalized spacial score (nSPS) is 18.9. The first kappa shape index (κ1) is 16.7. The second-order valence-corrected chi connectivity index (χ2v) is 7.52. The molecule has 7 heteroatoms. The first-order valence-electron chi connectivity index (χ1n) is 8.54. The fraction of sp³-hybridized carbons (Fsp3) is 0.647. The van der Waals surface area contributed by atoms with E-state index < -0.39 is 0 Å². The number of nitrogens with zero attached hydrogens (tertiary/aromatic N) is 5. The molecule has 130 valence electrons. The second kappa shape index (κ2) is 6.03. The highest BCUT2D eigenvalue weighted by atomic mass is 16.2. The van der Waals surface area contributed by atoms with Gasteiger partial charge in [0.2, 0.25) is 0 Å². The van der Waals surface area contributed by atoms with Gasteiger partial charge in [-0.05, 0) is 53.9 Å². The number of aromatic amines is 1. The van der Waals surface area contributed by atoms with Crippen molar-refractivity contribution in [2.75, 3.05) is 6.54 Å². The molecule has 3 heterocycles. The van der Waals surface area contributed by atoms with Crippen molar-refractivity contribution in [2.24, 2.45) is 0 Å². The van der Waals surface area contributed by atoms with Crippen molar-refractivity contribution in [1.29, 1.82) is 0 Å². The molecule has 3 rings (SSSR count). The summed E-state index contributed by atoms with van der Waals surface area (Å²) >= 11 is 0. The maximum Gasteiger partial charge on any atom is 0.257 e. The zero-order valence-electron chi connectivity index (χ0n) is 15.1. The van der Waals surface area contributed by atoms with Gasteiger partial charge in [-0.15, -0.1) is 0 Å². The topological polar surface area (TPSA) is 79.7 Å². The van der Waals surface area contributed by atoms with E-state index in [-0.39, 0.29) is 17.5 Å². The zero-order chi connectivity index (χ0) is 17.5. The van der Waals surface area contributed by atoms with Crippen LogP contribution in [0.15, 0.2) is 6.20 Å². The number of aryl methyl sites for hydroxylation is 1. The average Bonchev–Trinajstić information content (AvgIpc) is 3.12. The van der Waals surface area contributed by atoms with Gasteiger partial charge in [0.05, 0.1) is 23.3 Å². The van der Waals surface area contributed by atoms with Gasteiger partial charge in [-0.25, -0.2) is 4.98 Å². The monoisotopic (exact) mass is 330 g/mol.